The van der Waals surface area contributed by atoms with E-state index in [1.54, 1.807) is 19.2 Å². The Morgan fingerprint density at radius 3 is 3.06 bits per heavy atom. The van der Waals surface area contributed by atoms with Gasteiger partial charge in [0.25, 0.3) is 0 Å². The van der Waals surface area contributed by atoms with Crippen LogP contribution in [0.3, 0.4) is 0 Å². The third-order valence-corrected chi connectivity index (χ3v) is 2.13. The van der Waals surface area contributed by atoms with Crippen molar-refractivity contribution in [1.29, 1.82) is 0 Å². The highest BCUT2D eigenvalue weighted by molar-refractivity contribution is 6.00. The zero-order valence-electron chi connectivity index (χ0n) is 9.10. The molecule has 6 nitrogen and oxygen atoms in total. The van der Waals surface area contributed by atoms with Crippen molar-refractivity contribution < 1.29 is 9.53 Å². The van der Waals surface area contributed by atoms with Crippen molar-refractivity contribution in [3.8, 4) is 0 Å². The minimum Gasteiger partial charge on any atom is -0.462 e. The first-order valence-corrected chi connectivity index (χ1v) is 4.92. The molecule has 2 rings (SSSR count). The molecule has 0 saturated carbocycles. The van der Waals surface area contributed by atoms with E-state index in [9.17, 15) is 4.79 Å². The number of nitrogens with two attached hydrogens (primary N) is 1. The molecule has 6 heteroatoms. The monoisotopic (exact) mass is 220 g/mol. The summed E-state index contributed by atoms with van der Waals surface area (Å²) in [5, 5.41) is 3.99. The Morgan fingerprint density at radius 2 is 2.38 bits per heavy atom. The quantitative estimate of drug-likeness (QED) is 0.757. The van der Waals surface area contributed by atoms with Crippen LogP contribution < -0.4 is 5.73 Å². The predicted molar refractivity (Wildman–Crippen MR) is 58.1 cm³/mol. The first-order chi connectivity index (χ1) is 7.63. The molecule has 84 valence electrons. The largest absolute Gasteiger partial charge is 0.462 e. The number of carbonyl (C=O) groups excluding carboxylic acids is 1. The highest BCUT2D eigenvalue weighted by atomic mass is 16.5. The summed E-state index contributed by atoms with van der Waals surface area (Å²) in [6.07, 6.45) is 1.71. The summed E-state index contributed by atoms with van der Waals surface area (Å²) in [5.41, 5.74) is 7.11. The number of nitrogen functional groups attached to an aromatic ring is 1. The summed E-state index contributed by atoms with van der Waals surface area (Å²) in [6.45, 7) is 3.86. The number of fused-ring (bicyclic) bond motifs is 1. The molecule has 0 unspecified atom stereocenters. The summed E-state index contributed by atoms with van der Waals surface area (Å²) in [5.74, 6) is -0.357. The molecule has 0 bridgehead atoms. The zero-order valence-corrected chi connectivity index (χ0v) is 9.10. The van der Waals surface area contributed by atoms with Gasteiger partial charge in [0.05, 0.1) is 6.61 Å². The number of nitrogens with zero attached hydrogens (tertiary/aromatic N) is 3. The Labute approximate surface area is 92.0 Å². The maximum atomic E-state index is 11.7. The summed E-state index contributed by atoms with van der Waals surface area (Å²) in [6, 6.07) is 1.79. The molecule has 2 aromatic heterocycles. The molecule has 0 saturated heterocycles. The van der Waals surface area contributed by atoms with E-state index in [4.69, 9.17) is 10.5 Å². The van der Waals surface area contributed by atoms with Crippen LogP contribution in [0.25, 0.3) is 5.65 Å². The average molecular weight is 220 g/mol. The third-order valence-electron chi connectivity index (χ3n) is 2.13. The van der Waals surface area contributed by atoms with Crippen molar-refractivity contribution in [3.63, 3.8) is 0 Å². The Bertz CT molecular complexity index is 547. The Kier molecular flexibility index (Phi) is 2.47. The zero-order chi connectivity index (χ0) is 11.7. The number of rotatable bonds is 2. The topological polar surface area (TPSA) is 82.5 Å². The molecule has 16 heavy (non-hydrogen) atoms. The van der Waals surface area contributed by atoms with Gasteiger partial charge in [-0.05, 0) is 19.9 Å². The van der Waals surface area contributed by atoms with Crippen molar-refractivity contribution in [2.24, 2.45) is 0 Å². The van der Waals surface area contributed by atoms with Crippen LogP contribution in [0.5, 0.6) is 0 Å². The molecular formula is C10H12N4O2. The maximum absolute atomic E-state index is 11.7. The Balaban J connectivity index is 2.62. The van der Waals surface area contributed by atoms with Crippen molar-refractivity contribution >= 4 is 17.4 Å². The normalized spacial score (nSPS) is 10.6. The van der Waals surface area contributed by atoms with Crippen LogP contribution in [-0.2, 0) is 4.74 Å². The lowest BCUT2D eigenvalue weighted by molar-refractivity contribution is 0.0529. The summed E-state index contributed by atoms with van der Waals surface area (Å²) in [7, 11) is 0. The smallest absolute Gasteiger partial charge is 0.345 e. The number of ether oxygens (including phenoxy) is 1. The molecule has 0 aliphatic heterocycles. The maximum Gasteiger partial charge on any atom is 0.345 e. The van der Waals surface area contributed by atoms with Gasteiger partial charge in [-0.25, -0.2) is 14.3 Å². The van der Waals surface area contributed by atoms with Crippen molar-refractivity contribution in [1.82, 2.24) is 14.6 Å². The summed E-state index contributed by atoms with van der Waals surface area (Å²) in [4.78, 5) is 15.9. The number of esters is 1. The van der Waals surface area contributed by atoms with E-state index in [1.807, 2.05) is 6.92 Å². The molecule has 2 N–H and O–H groups in total. The highest BCUT2D eigenvalue weighted by Crippen LogP contribution is 2.17. The van der Waals surface area contributed by atoms with Gasteiger partial charge in [-0.15, -0.1) is 5.10 Å². The lowest BCUT2D eigenvalue weighted by Gasteiger charge is -2.00. The van der Waals surface area contributed by atoms with Gasteiger partial charge in [-0.1, -0.05) is 0 Å². The van der Waals surface area contributed by atoms with E-state index in [2.05, 4.69) is 10.1 Å². The Morgan fingerprint density at radius 1 is 1.62 bits per heavy atom. The van der Waals surface area contributed by atoms with Crippen LogP contribution >= 0.6 is 0 Å². The van der Waals surface area contributed by atoms with E-state index < -0.39 is 5.97 Å². The van der Waals surface area contributed by atoms with E-state index in [1.165, 1.54) is 4.52 Å². The fraction of sp³-hybridized carbons (Fsp3) is 0.300. The highest BCUT2D eigenvalue weighted by Gasteiger charge is 2.20. The number of hydrogen-bond donors (Lipinski definition) is 1. The molecule has 2 aromatic rings. The van der Waals surface area contributed by atoms with Crippen LogP contribution in [0.15, 0.2) is 12.3 Å². The van der Waals surface area contributed by atoms with Gasteiger partial charge in [0, 0.05) is 11.9 Å². The molecule has 2 heterocycles. The van der Waals surface area contributed by atoms with Gasteiger partial charge >= 0.3 is 5.97 Å². The first-order valence-electron chi connectivity index (χ1n) is 4.92. The van der Waals surface area contributed by atoms with Gasteiger partial charge in [-0.2, -0.15) is 0 Å². The first kappa shape index (κ1) is 10.4. The van der Waals surface area contributed by atoms with E-state index in [0.717, 1.165) is 5.69 Å². The van der Waals surface area contributed by atoms with Crippen LogP contribution in [0.2, 0.25) is 0 Å². The lowest BCUT2D eigenvalue weighted by atomic mass is 10.3. The molecule has 0 aliphatic rings. The van der Waals surface area contributed by atoms with Gasteiger partial charge in [0.2, 0.25) is 0 Å². The second kappa shape index (κ2) is 3.80. The Hall–Kier alpha value is -2.11. The number of anilines is 1. The number of aryl methyl sites for hydroxylation is 1. The fourth-order valence-corrected chi connectivity index (χ4v) is 1.44. The third kappa shape index (κ3) is 1.58. The number of hydrogen-bond acceptors (Lipinski definition) is 5. The second-order valence-electron chi connectivity index (χ2n) is 3.32. The second-order valence-corrected chi connectivity index (χ2v) is 3.32. The van der Waals surface area contributed by atoms with E-state index >= 15 is 0 Å². The molecule has 0 radical (unpaired) electrons. The van der Waals surface area contributed by atoms with Gasteiger partial charge in [0.15, 0.2) is 11.5 Å². The minimum atomic E-state index is -0.492. The molecule has 0 fully saturated rings. The van der Waals surface area contributed by atoms with Gasteiger partial charge in [0.1, 0.15) is 5.56 Å². The summed E-state index contributed by atoms with van der Waals surface area (Å²) < 4.78 is 6.37. The van der Waals surface area contributed by atoms with Crippen molar-refractivity contribution in [3.05, 3.63) is 23.5 Å². The standard InChI is InChI=1S/C10H12N4O2/c1-3-16-10(15)7-8(11)13-14-5-4-6(2)12-9(7)14/h4-5H,3H2,1-2H3,(H2,11,13). The van der Waals surface area contributed by atoms with Gasteiger partial charge < -0.3 is 10.5 Å². The van der Waals surface area contributed by atoms with Crippen LogP contribution in [0.1, 0.15) is 23.0 Å². The van der Waals surface area contributed by atoms with E-state index in [0.29, 0.717) is 12.3 Å². The van der Waals surface area contributed by atoms with E-state index in [-0.39, 0.29) is 11.4 Å². The van der Waals surface area contributed by atoms with Crippen LogP contribution in [-0.4, -0.2) is 27.2 Å². The average Bonchev–Trinajstić information content (AvgIpc) is 2.53. The summed E-state index contributed by atoms with van der Waals surface area (Å²) >= 11 is 0. The number of carbonyl (C=O) groups is 1. The number of aromatic nitrogens is 3. The molecule has 0 aromatic carbocycles. The fourth-order valence-electron chi connectivity index (χ4n) is 1.44. The van der Waals surface area contributed by atoms with Crippen LogP contribution in [0, 0.1) is 6.92 Å². The van der Waals surface area contributed by atoms with Gasteiger partial charge in [-0.3, -0.25) is 0 Å². The molecular weight excluding hydrogens is 208 g/mol. The van der Waals surface area contributed by atoms with Crippen molar-refractivity contribution in [2.75, 3.05) is 12.3 Å². The predicted octanol–water partition coefficient (Wildman–Crippen LogP) is 0.797. The molecule has 0 amide bonds. The lowest BCUT2D eigenvalue weighted by Crippen LogP contribution is -2.07. The molecule has 0 aliphatic carbocycles. The van der Waals surface area contributed by atoms with Crippen LogP contribution in [0.4, 0.5) is 5.82 Å². The molecule has 0 atom stereocenters. The minimum absolute atomic E-state index is 0.136. The molecule has 0 spiro atoms. The van der Waals surface area contributed by atoms with Crippen molar-refractivity contribution in [2.45, 2.75) is 13.8 Å². The SMILES string of the molecule is CCOC(=O)c1c(N)nn2ccc(C)nc12.